The summed E-state index contributed by atoms with van der Waals surface area (Å²) < 4.78 is 15.9. The maximum Gasteiger partial charge on any atom is 0.326 e. The van der Waals surface area contributed by atoms with Crippen LogP contribution in [0, 0.1) is 0 Å². The number of urea groups is 1. The number of Topliss-reactive ketones (excluding diaryl/α,β-unsaturated/α-hetero) is 1. The summed E-state index contributed by atoms with van der Waals surface area (Å²) in [6, 6.07) is 42.0. The molecule has 0 saturated carbocycles. The first kappa shape index (κ1) is 39.0. The van der Waals surface area contributed by atoms with E-state index in [4.69, 9.17) is 9.47 Å². The Kier molecular flexibility index (Phi) is 11.9. The van der Waals surface area contributed by atoms with Crippen LogP contribution in [-0.2, 0) is 27.3 Å². The smallest absolute Gasteiger partial charge is 0.326 e. The molecule has 58 heavy (non-hydrogen) atoms. The number of likely N-dealkylation sites (tertiary alicyclic amines) is 1. The van der Waals surface area contributed by atoms with Crippen LogP contribution in [0.3, 0.4) is 0 Å². The number of carbonyl (C=O) groups is 2. The van der Waals surface area contributed by atoms with Crippen LogP contribution < -0.4 is 16.3 Å². The number of aromatic nitrogens is 2. The molecule has 5 atom stereocenters. The number of rotatable bonds is 12. The van der Waals surface area contributed by atoms with Crippen molar-refractivity contribution in [1.29, 1.82) is 0 Å². The van der Waals surface area contributed by atoms with E-state index < -0.39 is 24.5 Å². The number of ketones is 1. The summed E-state index contributed by atoms with van der Waals surface area (Å²) in [4.78, 5) is 44.3. The number of piperidine rings is 1. The number of fused-ring (bicyclic) bond motifs is 1. The summed E-state index contributed by atoms with van der Waals surface area (Å²) in [5.74, 6) is -0.309. The Morgan fingerprint density at radius 1 is 0.793 bits per heavy atom. The molecule has 2 aliphatic rings. The molecule has 8 rings (SSSR count). The van der Waals surface area contributed by atoms with E-state index in [1.165, 1.54) is 6.92 Å². The van der Waals surface area contributed by atoms with Gasteiger partial charge in [-0.2, -0.15) is 0 Å². The third-order valence-corrected chi connectivity index (χ3v) is 11.5. The molecule has 6 aromatic rings. The number of ether oxygens (including phenoxy) is 2. The topological polar surface area (TPSA) is 138 Å². The lowest BCUT2D eigenvalue weighted by atomic mass is 9.83. The van der Waals surface area contributed by atoms with E-state index in [2.05, 4.69) is 32.7 Å². The number of aliphatic hydroxyl groups is 1. The molecule has 2 aliphatic heterocycles. The van der Waals surface area contributed by atoms with Gasteiger partial charge in [-0.3, -0.25) is 9.36 Å². The van der Waals surface area contributed by atoms with Gasteiger partial charge in [0.05, 0.1) is 35.9 Å². The molecule has 298 valence electrons. The van der Waals surface area contributed by atoms with Crippen LogP contribution in [0.1, 0.15) is 71.9 Å². The minimum atomic E-state index is -0.775. The van der Waals surface area contributed by atoms with Crippen molar-refractivity contribution in [3.05, 3.63) is 172 Å². The summed E-state index contributed by atoms with van der Waals surface area (Å²) >= 11 is 0. The molecule has 0 radical (unpaired) electrons. The maximum absolute atomic E-state index is 13.3. The van der Waals surface area contributed by atoms with E-state index in [-0.39, 0.29) is 36.1 Å². The number of para-hydroxylation sites is 2. The van der Waals surface area contributed by atoms with E-state index in [1.54, 1.807) is 6.07 Å². The molecule has 5 aromatic carbocycles. The highest BCUT2D eigenvalue weighted by atomic mass is 16.7. The quantitative estimate of drug-likeness (QED) is 0.102. The predicted molar refractivity (Wildman–Crippen MR) is 223 cm³/mol. The Labute approximate surface area is 337 Å². The Morgan fingerprint density at radius 3 is 2.21 bits per heavy atom. The molecule has 2 saturated heterocycles. The number of imidazole rings is 1. The van der Waals surface area contributed by atoms with Crippen LogP contribution >= 0.6 is 0 Å². The first-order chi connectivity index (χ1) is 28.3. The average Bonchev–Trinajstić information content (AvgIpc) is 3.59. The van der Waals surface area contributed by atoms with Gasteiger partial charge in [0, 0.05) is 42.8 Å². The summed E-state index contributed by atoms with van der Waals surface area (Å²) in [7, 11) is 0. The molecule has 3 heterocycles. The van der Waals surface area contributed by atoms with Gasteiger partial charge in [0.2, 0.25) is 0 Å². The van der Waals surface area contributed by atoms with Crippen LogP contribution in [0.15, 0.2) is 138 Å². The molecule has 0 spiro atoms. The summed E-state index contributed by atoms with van der Waals surface area (Å²) in [5, 5.41) is 15.6. The van der Waals surface area contributed by atoms with Crippen LogP contribution in [0.2, 0.25) is 0 Å². The predicted octanol–water partition coefficient (Wildman–Crippen LogP) is 7.42. The number of hydrogen-bond donors (Lipinski definition) is 4. The first-order valence-corrected chi connectivity index (χ1v) is 20.0. The molecular formula is C47H49N5O6. The third-order valence-electron chi connectivity index (χ3n) is 11.5. The third kappa shape index (κ3) is 8.83. The highest BCUT2D eigenvalue weighted by Gasteiger charge is 2.43. The Balaban J connectivity index is 1.05. The zero-order valence-electron chi connectivity index (χ0n) is 32.5. The van der Waals surface area contributed by atoms with Crippen molar-refractivity contribution in [3.63, 3.8) is 0 Å². The minimum absolute atomic E-state index is 0.0598. The number of H-pyrrole nitrogens is 1. The van der Waals surface area contributed by atoms with Gasteiger partial charge in [0.1, 0.15) is 0 Å². The second-order valence-corrected chi connectivity index (χ2v) is 15.3. The molecular weight excluding hydrogens is 731 g/mol. The monoisotopic (exact) mass is 779 g/mol. The van der Waals surface area contributed by atoms with Gasteiger partial charge < -0.3 is 35.1 Å². The number of carbonyl (C=O) groups excluding carboxylic acids is 2. The van der Waals surface area contributed by atoms with Crippen LogP contribution in [0.5, 0.6) is 0 Å². The Bertz CT molecular complexity index is 2370. The number of nitrogens with zero attached hydrogens (tertiary/aromatic N) is 2. The lowest BCUT2D eigenvalue weighted by Gasteiger charge is -2.45. The van der Waals surface area contributed by atoms with Crippen LogP contribution in [0.4, 0.5) is 10.5 Å². The van der Waals surface area contributed by atoms with Crippen molar-refractivity contribution in [3.8, 4) is 0 Å². The van der Waals surface area contributed by atoms with E-state index >= 15 is 0 Å². The number of nitrogens with one attached hydrogen (secondary N) is 3. The van der Waals surface area contributed by atoms with Gasteiger partial charge in [-0.05, 0) is 72.7 Å². The summed E-state index contributed by atoms with van der Waals surface area (Å²) in [5.41, 5.74) is 6.79. The molecule has 2 fully saturated rings. The van der Waals surface area contributed by atoms with E-state index in [9.17, 15) is 19.5 Å². The molecule has 11 nitrogen and oxygen atoms in total. The standard InChI is InChI=1S/C47H49N5O6/c1-31(54)40(27-32-11-4-2-5-12-32)49-46(55)48-37-16-10-15-36(28-37)45-57-42(29-51-25-23-38(24-26-51)52-41-18-9-8-17-39(41)50-47(52)56)43(34-13-6-3-7-14-34)44(58-45)35-21-19-33(30-53)20-22-35/h2-22,28,38,40,42-45,53H,23-27,29-30H2,1H3,(H,50,56)(H2,48,49,55). The average molecular weight is 780 g/mol. The lowest BCUT2D eigenvalue weighted by Crippen LogP contribution is -2.47. The summed E-state index contributed by atoms with van der Waals surface area (Å²) in [6.45, 7) is 3.63. The molecule has 11 heteroatoms. The second kappa shape index (κ2) is 17.7. The molecule has 2 amide bonds. The van der Waals surface area contributed by atoms with Gasteiger partial charge in [0.25, 0.3) is 0 Å². The van der Waals surface area contributed by atoms with Crippen molar-refractivity contribution in [2.75, 3.05) is 25.0 Å². The number of amides is 2. The SMILES string of the molecule is CC(=O)C(Cc1ccccc1)NC(=O)Nc1cccc(C2OC(CN3CCC(n4c(=O)[nH]c5ccccc54)CC3)C(c3ccccc3)C(c3ccc(CO)cc3)O2)c1. The Hall–Kier alpha value is -5.85. The zero-order valence-corrected chi connectivity index (χ0v) is 32.5. The molecule has 4 N–H and O–H groups in total. The Morgan fingerprint density at radius 2 is 1.48 bits per heavy atom. The van der Waals surface area contributed by atoms with Gasteiger partial charge in [-0.25, -0.2) is 9.59 Å². The fourth-order valence-electron chi connectivity index (χ4n) is 8.45. The summed E-state index contributed by atoms with van der Waals surface area (Å²) in [6.07, 6.45) is 0.546. The van der Waals surface area contributed by atoms with E-state index in [0.717, 1.165) is 64.8 Å². The number of hydrogen-bond acceptors (Lipinski definition) is 7. The number of aliphatic hydroxyl groups excluding tert-OH is 1. The van der Waals surface area contributed by atoms with Gasteiger partial charge >= 0.3 is 11.7 Å². The number of anilines is 1. The lowest BCUT2D eigenvalue weighted by molar-refractivity contribution is -0.264. The number of aromatic amines is 1. The van der Waals surface area contributed by atoms with Gasteiger partial charge in [-0.1, -0.05) is 109 Å². The van der Waals surface area contributed by atoms with Crippen molar-refractivity contribution in [2.24, 2.45) is 0 Å². The molecule has 5 unspecified atom stereocenters. The van der Waals surface area contributed by atoms with Crippen LogP contribution in [0.25, 0.3) is 11.0 Å². The normalized spacial score (nSPS) is 20.7. The van der Waals surface area contributed by atoms with Gasteiger partial charge in [0.15, 0.2) is 12.1 Å². The second-order valence-electron chi connectivity index (χ2n) is 15.3. The number of benzene rings is 5. The fourth-order valence-corrected chi connectivity index (χ4v) is 8.45. The zero-order chi connectivity index (χ0) is 40.0. The molecule has 1 aromatic heterocycles. The highest BCUT2D eigenvalue weighted by Crippen LogP contribution is 2.47. The van der Waals surface area contributed by atoms with Crippen molar-refractivity contribution in [2.45, 2.75) is 69.3 Å². The first-order valence-electron chi connectivity index (χ1n) is 20.0. The van der Waals surface area contributed by atoms with Crippen LogP contribution in [-0.4, -0.2) is 63.2 Å². The fraction of sp³-hybridized carbons (Fsp3) is 0.298. The maximum atomic E-state index is 13.3. The van der Waals surface area contributed by atoms with Crippen molar-refractivity contribution in [1.82, 2.24) is 19.8 Å². The minimum Gasteiger partial charge on any atom is -0.392 e. The van der Waals surface area contributed by atoms with E-state index in [1.807, 2.05) is 120 Å². The molecule has 0 aliphatic carbocycles. The largest absolute Gasteiger partial charge is 0.392 e. The van der Waals surface area contributed by atoms with E-state index in [0.29, 0.717) is 18.7 Å². The van der Waals surface area contributed by atoms with Crippen molar-refractivity contribution >= 4 is 28.5 Å². The van der Waals surface area contributed by atoms with Crippen molar-refractivity contribution < 1.29 is 24.2 Å². The molecule has 0 bridgehead atoms. The highest BCUT2D eigenvalue weighted by molar-refractivity contribution is 5.93. The van der Waals surface area contributed by atoms with Gasteiger partial charge in [-0.15, -0.1) is 0 Å².